The van der Waals surface area contributed by atoms with E-state index < -0.39 is 53.1 Å². The van der Waals surface area contributed by atoms with Crippen molar-refractivity contribution in [1.82, 2.24) is 10.2 Å². The number of amides is 3. The summed E-state index contributed by atoms with van der Waals surface area (Å²) >= 11 is 0. The fourth-order valence-corrected chi connectivity index (χ4v) is 6.77. The lowest BCUT2D eigenvalue weighted by molar-refractivity contribution is -0.147. The Kier molecular flexibility index (Phi) is 15.4. The fraction of sp³-hybridized carbons (Fsp3) is 0.318. The van der Waals surface area contributed by atoms with E-state index in [1.807, 2.05) is 135 Å². The van der Waals surface area contributed by atoms with E-state index >= 15 is 0 Å². The van der Waals surface area contributed by atoms with Crippen LogP contribution in [-0.4, -0.2) is 53.4 Å². The summed E-state index contributed by atoms with van der Waals surface area (Å²) in [7, 11) is 0. The second-order valence-electron chi connectivity index (χ2n) is 14.4. The minimum absolute atomic E-state index is 0.0174. The standard InChI is InChI=1S/C44H54N6O5/c1-43(34-19-11-5-12-20-34,29-32-15-7-3-8-16-32)49-42(37(46)24-26-39(48)52)55-41(54)28-27-40(53)50(31-36(45)23-25-38(47)51)44(2,35-21-13-6-14-22-35)30-33-17-9-4-10-18-33/h3-22,27-28,36-37,42,49H,23-26,29-31,45-46H2,1-2H3,(H2,47,51)(H2,48,52)/b28-27-/t36-,37-,42?,43?,44?/m0/s1. The van der Waals surface area contributed by atoms with Crippen LogP contribution in [0, 0.1) is 0 Å². The third-order valence-electron chi connectivity index (χ3n) is 9.82. The highest BCUT2D eigenvalue weighted by Crippen LogP contribution is 2.33. The highest BCUT2D eigenvalue weighted by molar-refractivity contribution is 5.95. The Morgan fingerprint density at radius 2 is 1.15 bits per heavy atom. The van der Waals surface area contributed by atoms with Gasteiger partial charge in [0.2, 0.25) is 17.7 Å². The van der Waals surface area contributed by atoms with Crippen molar-refractivity contribution in [3.8, 4) is 0 Å². The first-order valence-corrected chi connectivity index (χ1v) is 18.5. The smallest absolute Gasteiger partial charge is 0.332 e. The summed E-state index contributed by atoms with van der Waals surface area (Å²) in [4.78, 5) is 53.0. The van der Waals surface area contributed by atoms with Crippen LogP contribution in [0.2, 0.25) is 0 Å². The van der Waals surface area contributed by atoms with E-state index in [2.05, 4.69) is 5.32 Å². The van der Waals surface area contributed by atoms with Crippen molar-refractivity contribution in [1.29, 1.82) is 0 Å². The number of nitrogens with one attached hydrogen (secondary N) is 1. The van der Waals surface area contributed by atoms with Crippen LogP contribution in [0.25, 0.3) is 0 Å². The van der Waals surface area contributed by atoms with E-state index in [0.717, 1.165) is 28.3 Å². The highest BCUT2D eigenvalue weighted by Gasteiger charge is 2.38. The molecule has 11 heteroatoms. The molecule has 3 amide bonds. The number of esters is 1. The van der Waals surface area contributed by atoms with Gasteiger partial charge in [0.05, 0.1) is 11.6 Å². The predicted octanol–water partition coefficient (Wildman–Crippen LogP) is 4.33. The maximum Gasteiger partial charge on any atom is 0.332 e. The molecule has 0 saturated carbocycles. The fourth-order valence-electron chi connectivity index (χ4n) is 6.77. The molecule has 0 saturated heterocycles. The molecule has 0 fully saturated rings. The Morgan fingerprint density at radius 1 is 0.673 bits per heavy atom. The lowest BCUT2D eigenvalue weighted by atomic mass is 9.83. The van der Waals surface area contributed by atoms with Crippen LogP contribution < -0.4 is 28.3 Å². The van der Waals surface area contributed by atoms with Crippen molar-refractivity contribution in [2.45, 2.75) is 81.8 Å². The largest absolute Gasteiger partial charge is 0.442 e. The topological polar surface area (TPSA) is 197 Å². The number of benzene rings is 4. The third-order valence-corrected chi connectivity index (χ3v) is 9.82. The second kappa shape index (κ2) is 20.2. The van der Waals surface area contributed by atoms with E-state index in [-0.39, 0.29) is 32.2 Å². The summed E-state index contributed by atoms with van der Waals surface area (Å²) in [6.45, 7) is 4.02. The summed E-state index contributed by atoms with van der Waals surface area (Å²) in [5.41, 5.74) is 26.1. The molecule has 0 heterocycles. The Morgan fingerprint density at radius 3 is 1.67 bits per heavy atom. The number of hydrogen-bond donors (Lipinski definition) is 5. The maximum atomic E-state index is 14.3. The SMILES string of the molecule is CC(Cc1ccccc1)(NC(OC(=O)/C=C\C(=O)N(C[C@@H](N)CCC(N)=O)C(C)(Cc1ccccc1)c1ccccc1)[C@@H](N)CCC(N)=O)c1ccccc1. The number of nitrogens with two attached hydrogens (primary N) is 4. The third kappa shape index (κ3) is 12.7. The van der Waals surface area contributed by atoms with Crippen molar-refractivity contribution in [2.24, 2.45) is 22.9 Å². The molecule has 4 rings (SSSR count). The van der Waals surface area contributed by atoms with Gasteiger partial charge in [0.25, 0.3) is 0 Å². The van der Waals surface area contributed by atoms with Gasteiger partial charge < -0.3 is 32.6 Å². The summed E-state index contributed by atoms with van der Waals surface area (Å²) in [5.74, 6) is -2.34. The normalized spacial score (nSPS) is 15.2. The summed E-state index contributed by atoms with van der Waals surface area (Å²) in [6, 6.07) is 37.5. The van der Waals surface area contributed by atoms with Gasteiger partial charge in [-0.2, -0.15) is 0 Å². The Hall–Kier alpha value is -5.62. The number of carbonyl (C=O) groups excluding carboxylic acids is 4. The van der Waals surface area contributed by atoms with Crippen molar-refractivity contribution in [3.63, 3.8) is 0 Å². The van der Waals surface area contributed by atoms with Gasteiger partial charge in [0.15, 0.2) is 6.23 Å². The first kappa shape index (κ1) is 42.1. The average Bonchev–Trinajstić information content (AvgIpc) is 3.18. The molecule has 0 radical (unpaired) electrons. The molecule has 0 spiro atoms. The number of ether oxygens (including phenoxy) is 1. The van der Waals surface area contributed by atoms with Crippen LogP contribution in [0.1, 0.15) is 61.8 Å². The van der Waals surface area contributed by atoms with E-state index in [1.54, 1.807) is 4.90 Å². The number of hydrogen-bond acceptors (Lipinski definition) is 8. The first-order valence-electron chi connectivity index (χ1n) is 18.5. The van der Waals surface area contributed by atoms with Crippen LogP contribution in [-0.2, 0) is 47.8 Å². The number of nitrogens with zero attached hydrogens (tertiary/aromatic N) is 1. The number of rotatable bonds is 21. The molecule has 11 nitrogen and oxygen atoms in total. The van der Waals surface area contributed by atoms with Crippen molar-refractivity contribution >= 4 is 23.7 Å². The number of carbonyl (C=O) groups is 4. The first-order chi connectivity index (χ1) is 26.3. The zero-order valence-electron chi connectivity index (χ0n) is 31.7. The molecule has 9 N–H and O–H groups in total. The molecule has 0 aliphatic heterocycles. The minimum Gasteiger partial charge on any atom is -0.442 e. The van der Waals surface area contributed by atoms with Gasteiger partial charge in [-0.15, -0.1) is 0 Å². The zero-order chi connectivity index (χ0) is 39.8. The molecule has 4 aromatic rings. The molecule has 55 heavy (non-hydrogen) atoms. The molecule has 0 aromatic heterocycles. The van der Waals surface area contributed by atoms with Crippen LogP contribution in [0.15, 0.2) is 133 Å². The van der Waals surface area contributed by atoms with Crippen LogP contribution in [0.5, 0.6) is 0 Å². The maximum absolute atomic E-state index is 14.3. The molecule has 5 atom stereocenters. The van der Waals surface area contributed by atoms with Gasteiger partial charge in [-0.1, -0.05) is 121 Å². The zero-order valence-corrected chi connectivity index (χ0v) is 31.7. The quantitative estimate of drug-likeness (QED) is 0.0472. The Bertz CT molecular complexity index is 1860. The Balaban J connectivity index is 1.66. The van der Waals surface area contributed by atoms with Crippen LogP contribution in [0.4, 0.5) is 0 Å². The van der Waals surface area contributed by atoms with Crippen molar-refractivity contribution < 1.29 is 23.9 Å². The van der Waals surface area contributed by atoms with Crippen molar-refractivity contribution in [3.05, 3.63) is 156 Å². The minimum atomic E-state index is -1.08. The molecular formula is C44H54N6O5. The predicted molar refractivity (Wildman–Crippen MR) is 215 cm³/mol. The molecule has 0 aliphatic carbocycles. The highest BCUT2D eigenvalue weighted by atomic mass is 16.6. The van der Waals surface area contributed by atoms with Crippen LogP contribution >= 0.6 is 0 Å². The molecule has 0 aliphatic rings. The lowest BCUT2D eigenvalue weighted by Gasteiger charge is -2.43. The second-order valence-corrected chi connectivity index (χ2v) is 14.4. The average molecular weight is 747 g/mol. The van der Waals surface area contributed by atoms with E-state index in [9.17, 15) is 19.2 Å². The summed E-state index contributed by atoms with van der Waals surface area (Å²) in [5, 5.41) is 3.48. The van der Waals surface area contributed by atoms with Gasteiger partial charge in [0.1, 0.15) is 0 Å². The van der Waals surface area contributed by atoms with Gasteiger partial charge in [-0.25, -0.2) is 4.79 Å². The van der Waals surface area contributed by atoms with Gasteiger partial charge in [0, 0.05) is 43.1 Å². The van der Waals surface area contributed by atoms with E-state index in [1.165, 1.54) is 6.08 Å². The van der Waals surface area contributed by atoms with Crippen LogP contribution in [0.3, 0.4) is 0 Å². The molecule has 0 bridgehead atoms. The Labute approximate surface area is 324 Å². The monoisotopic (exact) mass is 746 g/mol. The summed E-state index contributed by atoms with van der Waals surface area (Å²) in [6.07, 6.45) is 2.57. The van der Waals surface area contributed by atoms with Crippen molar-refractivity contribution in [2.75, 3.05) is 6.54 Å². The molecular weight excluding hydrogens is 693 g/mol. The molecule has 290 valence electrons. The lowest BCUT2D eigenvalue weighted by Crippen LogP contribution is -2.56. The number of primary amides is 2. The molecule has 4 aromatic carbocycles. The summed E-state index contributed by atoms with van der Waals surface area (Å²) < 4.78 is 5.98. The van der Waals surface area contributed by atoms with E-state index in [4.69, 9.17) is 27.7 Å². The molecule has 3 unspecified atom stereocenters. The van der Waals surface area contributed by atoms with Gasteiger partial charge in [-0.3, -0.25) is 19.7 Å². The van der Waals surface area contributed by atoms with Gasteiger partial charge >= 0.3 is 5.97 Å². The van der Waals surface area contributed by atoms with Gasteiger partial charge in [-0.05, 0) is 61.8 Å². The van der Waals surface area contributed by atoms with E-state index in [0.29, 0.717) is 12.8 Å².